The van der Waals surface area contributed by atoms with Crippen LogP contribution < -0.4 is 5.43 Å². The van der Waals surface area contributed by atoms with Gasteiger partial charge in [-0.2, -0.15) is 0 Å². The lowest BCUT2D eigenvalue weighted by Gasteiger charge is -2.07. The molecule has 0 aliphatic rings. The topological polar surface area (TPSA) is 45.8 Å². The van der Waals surface area contributed by atoms with Crippen LogP contribution in [-0.4, -0.2) is 9.97 Å². The standard InChI is InChI=1S/C18H16N2O/c1-12-10-17(21)18(13(2)20-12)15-8-9-16(19-11-15)14-6-4-3-5-7-14/h3-11H,1-2H3,(H,20,21). The summed E-state index contributed by atoms with van der Waals surface area (Å²) in [5.41, 5.74) is 5.27. The summed E-state index contributed by atoms with van der Waals surface area (Å²) >= 11 is 0. The number of pyridine rings is 2. The molecule has 1 aromatic carbocycles. The second-order valence-electron chi connectivity index (χ2n) is 5.11. The quantitative estimate of drug-likeness (QED) is 0.775. The van der Waals surface area contributed by atoms with Gasteiger partial charge in [-0.3, -0.25) is 9.78 Å². The van der Waals surface area contributed by atoms with E-state index in [1.807, 2.05) is 56.3 Å². The second-order valence-corrected chi connectivity index (χ2v) is 5.11. The molecule has 2 aromatic heterocycles. The van der Waals surface area contributed by atoms with Crippen LogP contribution in [0.2, 0.25) is 0 Å². The zero-order chi connectivity index (χ0) is 14.8. The van der Waals surface area contributed by atoms with Gasteiger partial charge in [0.15, 0.2) is 5.43 Å². The molecule has 0 amide bonds. The van der Waals surface area contributed by atoms with Crippen LogP contribution >= 0.6 is 0 Å². The van der Waals surface area contributed by atoms with E-state index in [1.54, 1.807) is 12.3 Å². The summed E-state index contributed by atoms with van der Waals surface area (Å²) in [6, 6.07) is 15.5. The fourth-order valence-corrected chi connectivity index (χ4v) is 2.53. The Morgan fingerprint density at radius 3 is 2.33 bits per heavy atom. The summed E-state index contributed by atoms with van der Waals surface area (Å²) in [5, 5.41) is 0. The van der Waals surface area contributed by atoms with Gasteiger partial charge in [-0.15, -0.1) is 0 Å². The zero-order valence-electron chi connectivity index (χ0n) is 12.1. The molecule has 3 rings (SSSR count). The molecule has 104 valence electrons. The van der Waals surface area contributed by atoms with Gasteiger partial charge in [0, 0.05) is 40.3 Å². The lowest BCUT2D eigenvalue weighted by atomic mass is 10.0. The van der Waals surface area contributed by atoms with Crippen molar-refractivity contribution in [2.45, 2.75) is 13.8 Å². The van der Waals surface area contributed by atoms with Crippen LogP contribution in [0.4, 0.5) is 0 Å². The van der Waals surface area contributed by atoms with Crippen molar-refractivity contribution in [3.63, 3.8) is 0 Å². The summed E-state index contributed by atoms with van der Waals surface area (Å²) in [6.07, 6.45) is 1.76. The van der Waals surface area contributed by atoms with E-state index in [1.165, 1.54) is 0 Å². The molecular formula is C18H16N2O. The maximum atomic E-state index is 12.2. The number of aromatic amines is 1. The number of aryl methyl sites for hydroxylation is 2. The summed E-state index contributed by atoms with van der Waals surface area (Å²) < 4.78 is 0. The minimum atomic E-state index is 0.0259. The van der Waals surface area contributed by atoms with Gasteiger partial charge < -0.3 is 4.98 Å². The van der Waals surface area contributed by atoms with Crippen LogP contribution in [-0.2, 0) is 0 Å². The summed E-state index contributed by atoms with van der Waals surface area (Å²) in [5.74, 6) is 0. The molecule has 0 unspecified atom stereocenters. The molecule has 0 atom stereocenters. The van der Waals surface area contributed by atoms with E-state index in [9.17, 15) is 4.79 Å². The minimum absolute atomic E-state index is 0.0259. The fraction of sp³-hybridized carbons (Fsp3) is 0.111. The van der Waals surface area contributed by atoms with Crippen molar-refractivity contribution in [1.82, 2.24) is 9.97 Å². The molecule has 2 heterocycles. The number of benzene rings is 1. The average Bonchev–Trinajstić information content (AvgIpc) is 2.48. The highest BCUT2D eigenvalue weighted by Gasteiger charge is 2.08. The van der Waals surface area contributed by atoms with Crippen molar-refractivity contribution in [2.24, 2.45) is 0 Å². The van der Waals surface area contributed by atoms with E-state index in [-0.39, 0.29) is 5.43 Å². The third-order valence-electron chi connectivity index (χ3n) is 3.48. The van der Waals surface area contributed by atoms with Crippen LogP contribution in [0.1, 0.15) is 11.4 Å². The monoisotopic (exact) mass is 276 g/mol. The first kappa shape index (κ1) is 13.3. The Labute approximate surface area is 123 Å². The molecule has 3 heteroatoms. The fourth-order valence-electron chi connectivity index (χ4n) is 2.53. The van der Waals surface area contributed by atoms with E-state index in [0.29, 0.717) is 5.56 Å². The van der Waals surface area contributed by atoms with Crippen LogP contribution in [0.25, 0.3) is 22.4 Å². The first-order chi connectivity index (χ1) is 10.1. The van der Waals surface area contributed by atoms with Gasteiger partial charge >= 0.3 is 0 Å². The van der Waals surface area contributed by atoms with Crippen molar-refractivity contribution < 1.29 is 0 Å². The molecule has 0 radical (unpaired) electrons. The highest BCUT2D eigenvalue weighted by atomic mass is 16.1. The van der Waals surface area contributed by atoms with Crippen LogP contribution in [0.5, 0.6) is 0 Å². The van der Waals surface area contributed by atoms with E-state index in [2.05, 4.69) is 9.97 Å². The van der Waals surface area contributed by atoms with Crippen LogP contribution in [0.15, 0.2) is 59.5 Å². The molecule has 0 aliphatic heterocycles. The van der Waals surface area contributed by atoms with E-state index >= 15 is 0 Å². The molecule has 0 bridgehead atoms. The van der Waals surface area contributed by atoms with Crippen molar-refractivity contribution in [2.75, 3.05) is 0 Å². The third kappa shape index (κ3) is 2.63. The highest BCUT2D eigenvalue weighted by Crippen LogP contribution is 2.22. The Bertz CT molecular complexity index is 818. The Kier molecular flexibility index (Phi) is 3.40. The SMILES string of the molecule is Cc1cc(=O)c(-c2ccc(-c3ccccc3)nc2)c(C)[nH]1. The van der Waals surface area contributed by atoms with Gasteiger partial charge in [-0.05, 0) is 19.9 Å². The average molecular weight is 276 g/mol. The van der Waals surface area contributed by atoms with Crippen molar-refractivity contribution in [3.8, 4) is 22.4 Å². The number of rotatable bonds is 2. The molecule has 0 spiro atoms. The first-order valence-electron chi connectivity index (χ1n) is 6.87. The molecule has 21 heavy (non-hydrogen) atoms. The Balaban J connectivity index is 2.05. The van der Waals surface area contributed by atoms with Crippen molar-refractivity contribution >= 4 is 0 Å². The number of nitrogens with one attached hydrogen (secondary N) is 1. The van der Waals surface area contributed by atoms with E-state index in [4.69, 9.17) is 0 Å². The molecule has 0 fully saturated rings. The molecule has 3 nitrogen and oxygen atoms in total. The number of aromatic nitrogens is 2. The van der Waals surface area contributed by atoms with E-state index in [0.717, 1.165) is 28.2 Å². The largest absolute Gasteiger partial charge is 0.362 e. The summed E-state index contributed by atoms with van der Waals surface area (Å²) in [4.78, 5) is 19.8. The summed E-state index contributed by atoms with van der Waals surface area (Å²) in [7, 11) is 0. The normalized spacial score (nSPS) is 10.6. The lowest BCUT2D eigenvalue weighted by Crippen LogP contribution is -2.08. The zero-order valence-corrected chi connectivity index (χ0v) is 12.1. The smallest absolute Gasteiger partial charge is 0.189 e. The van der Waals surface area contributed by atoms with Gasteiger partial charge in [-0.25, -0.2) is 0 Å². The van der Waals surface area contributed by atoms with Gasteiger partial charge in [0.05, 0.1) is 5.69 Å². The molecule has 1 N–H and O–H groups in total. The molecule has 3 aromatic rings. The van der Waals surface area contributed by atoms with E-state index < -0.39 is 0 Å². The Morgan fingerprint density at radius 2 is 1.71 bits per heavy atom. The predicted octanol–water partition coefficient (Wildman–Crippen LogP) is 3.72. The highest BCUT2D eigenvalue weighted by molar-refractivity contribution is 5.68. The molecular weight excluding hydrogens is 260 g/mol. The second kappa shape index (κ2) is 5.37. The summed E-state index contributed by atoms with van der Waals surface area (Å²) in [6.45, 7) is 3.80. The predicted molar refractivity (Wildman–Crippen MR) is 85.2 cm³/mol. The number of nitrogens with zero attached hydrogens (tertiary/aromatic N) is 1. The Morgan fingerprint density at radius 1 is 0.952 bits per heavy atom. The van der Waals surface area contributed by atoms with Crippen molar-refractivity contribution in [3.05, 3.63) is 76.3 Å². The lowest BCUT2D eigenvalue weighted by molar-refractivity contribution is 1.11. The van der Waals surface area contributed by atoms with Gasteiger partial charge in [-0.1, -0.05) is 36.4 Å². The first-order valence-corrected chi connectivity index (χ1v) is 6.87. The number of hydrogen-bond acceptors (Lipinski definition) is 2. The van der Waals surface area contributed by atoms with Gasteiger partial charge in [0.25, 0.3) is 0 Å². The van der Waals surface area contributed by atoms with Gasteiger partial charge in [0.2, 0.25) is 0 Å². The molecule has 0 aliphatic carbocycles. The maximum Gasteiger partial charge on any atom is 0.189 e. The molecule has 0 saturated heterocycles. The van der Waals surface area contributed by atoms with Crippen LogP contribution in [0.3, 0.4) is 0 Å². The minimum Gasteiger partial charge on any atom is -0.362 e. The number of H-pyrrole nitrogens is 1. The van der Waals surface area contributed by atoms with Crippen molar-refractivity contribution in [1.29, 1.82) is 0 Å². The maximum absolute atomic E-state index is 12.2. The van der Waals surface area contributed by atoms with Gasteiger partial charge in [0.1, 0.15) is 0 Å². The Hall–Kier alpha value is -2.68. The van der Waals surface area contributed by atoms with Crippen LogP contribution in [0, 0.1) is 13.8 Å². The number of hydrogen-bond donors (Lipinski definition) is 1. The third-order valence-corrected chi connectivity index (χ3v) is 3.48. The molecule has 0 saturated carbocycles.